The predicted molar refractivity (Wildman–Crippen MR) is 79.6 cm³/mol. The molecule has 5 heteroatoms. The van der Waals surface area contributed by atoms with Crippen LogP contribution in [-0.4, -0.2) is 35.6 Å². The molecule has 0 heterocycles. The predicted octanol–water partition coefficient (Wildman–Crippen LogP) is 0.765. The van der Waals surface area contributed by atoms with E-state index in [9.17, 15) is 14.7 Å². The van der Waals surface area contributed by atoms with E-state index in [0.717, 1.165) is 31.2 Å². The minimum absolute atomic E-state index is 0.00468. The lowest BCUT2D eigenvalue weighted by molar-refractivity contribution is -0.126. The molecular weight excluding hydrogens is 268 g/mol. The lowest BCUT2D eigenvalue weighted by Crippen LogP contribution is -2.44. The van der Waals surface area contributed by atoms with E-state index in [2.05, 4.69) is 10.6 Å². The van der Waals surface area contributed by atoms with Crippen LogP contribution in [0, 0.1) is 0 Å². The van der Waals surface area contributed by atoms with Crippen molar-refractivity contribution in [3.05, 3.63) is 35.9 Å². The number of carbonyl (C=O) groups is 2. The number of hydrogen-bond donors (Lipinski definition) is 3. The topological polar surface area (TPSA) is 78.4 Å². The maximum Gasteiger partial charge on any atom is 0.239 e. The first-order chi connectivity index (χ1) is 10.1. The molecule has 1 aromatic rings. The van der Waals surface area contributed by atoms with Gasteiger partial charge in [0.1, 0.15) is 0 Å². The van der Waals surface area contributed by atoms with Crippen molar-refractivity contribution in [3.8, 4) is 0 Å². The Morgan fingerprint density at radius 3 is 2.38 bits per heavy atom. The van der Waals surface area contributed by atoms with Crippen LogP contribution in [0.25, 0.3) is 0 Å². The molecule has 2 rings (SSSR count). The van der Waals surface area contributed by atoms with Crippen LogP contribution < -0.4 is 10.6 Å². The molecular formula is C16H22N2O3. The largest absolute Gasteiger partial charge is 0.393 e. The Bertz CT molecular complexity index is 468. The Morgan fingerprint density at radius 1 is 1.05 bits per heavy atom. The zero-order valence-electron chi connectivity index (χ0n) is 12.0. The standard InChI is InChI=1S/C16H22N2O3/c19-14-8-6-13(7-9-14)18-16(21)11-17-15(20)10-12-4-2-1-3-5-12/h1-5,13-14,19H,6-11H2,(H,17,20)(H,18,21). The molecule has 114 valence electrons. The third-order valence-corrected chi connectivity index (χ3v) is 3.72. The minimum Gasteiger partial charge on any atom is -0.393 e. The van der Waals surface area contributed by atoms with Gasteiger partial charge in [-0.05, 0) is 31.2 Å². The van der Waals surface area contributed by atoms with Crippen LogP contribution in [0.15, 0.2) is 30.3 Å². The number of benzene rings is 1. The number of carbonyl (C=O) groups excluding carboxylic acids is 2. The number of aliphatic hydroxyl groups is 1. The summed E-state index contributed by atoms with van der Waals surface area (Å²) in [6, 6.07) is 9.54. The molecule has 1 fully saturated rings. The summed E-state index contributed by atoms with van der Waals surface area (Å²) in [5, 5.41) is 14.9. The van der Waals surface area contributed by atoms with E-state index in [1.807, 2.05) is 30.3 Å². The van der Waals surface area contributed by atoms with Gasteiger partial charge in [-0.15, -0.1) is 0 Å². The van der Waals surface area contributed by atoms with E-state index in [1.54, 1.807) is 0 Å². The van der Waals surface area contributed by atoms with Gasteiger partial charge in [-0.2, -0.15) is 0 Å². The van der Waals surface area contributed by atoms with Crippen LogP contribution in [0.1, 0.15) is 31.2 Å². The van der Waals surface area contributed by atoms with Crippen LogP contribution in [0.3, 0.4) is 0 Å². The highest BCUT2D eigenvalue weighted by Gasteiger charge is 2.20. The van der Waals surface area contributed by atoms with Crippen LogP contribution in [-0.2, 0) is 16.0 Å². The summed E-state index contributed by atoms with van der Waals surface area (Å²) >= 11 is 0. The van der Waals surface area contributed by atoms with Gasteiger partial charge in [0.2, 0.25) is 11.8 Å². The van der Waals surface area contributed by atoms with Crippen molar-refractivity contribution in [1.82, 2.24) is 10.6 Å². The van der Waals surface area contributed by atoms with Crippen molar-refractivity contribution < 1.29 is 14.7 Å². The summed E-state index contributed by atoms with van der Waals surface area (Å²) in [6.45, 7) is 0.00468. The highest BCUT2D eigenvalue weighted by molar-refractivity contribution is 5.85. The molecule has 5 nitrogen and oxygen atoms in total. The summed E-state index contributed by atoms with van der Waals surface area (Å²) in [4.78, 5) is 23.5. The molecule has 0 atom stereocenters. The van der Waals surface area contributed by atoms with Crippen molar-refractivity contribution in [1.29, 1.82) is 0 Å². The van der Waals surface area contributed by atoms with Crippen molar-refractivity contribution >= 4 is 11.8 Å². The van der Waals surface area contributed by atoms with Gasteiger partial charge >= 0.3 is 0 Å². The first kappa shape index (κ1) is 15.5. The molecule has 0 spiro atoms. The van der Waals surface area contributed by atoms with Crippen LogP contribution in [0.2, 0.25) is 0 Å². The number of amides is 2. The normalized spacial score (nSPS) is 21.6. The fourth-order valence-corrected chi connectivity index (χ4v) is 2.52. The minimum atomic E-state index is -0.233. The molecule has 1 aliphatic carbocycles. The van der Waals surface area contributed by atoms with Gasteiger partial charge in [-0.25, -0.2) is 0 Å². The van der Waals surface area contributed by atoms with Crippen molar-refractivity contribution in [2.45, 2.75) is 44.2 Å². The van der Waals surface area contributed by atoms with Gasteiger partial charge in [0, 0.05) is 6.04 Å². The van der Waals surface area contributed by atoms with Crippen LogP contribution in [0.4, 0.5) is 0 Å². The smallest absolute Gasteiger partial charge is 0.239 e. The van der Waals surface area contributed by atoms with E-state index < -0.39 is 0 Å². The molecule has 0 unspecified atom stereocenters. The number of nitrogens with one attached hydrogen (secondary N) is 2. The molecule has 0 bridgehead atoms. The summed E-state index contributed by atoms with van der Waals surface area (Å²) in [5.41, 5.74) is 0.927. The molecule has 0 saturated heterocycles. The Kier molecular flexibility index (Phi) is 5.75. The fourth-order valence-electron chi connectivity index (χ4n) is 2.52. The van der Waals surface area contributed by atoms with E-state index in [1.165, 1.54) is 0 Å². The van der Waals surface area contributed by atoms with Gasteiger partial charge in [-0.3, -0.25) is 9.59 Å². The molecule has 1 saturated carbocycles. The van der Waals surface area contributed by atoms with Crippen LogP contribution >= 0.6 is 0 Å². The van der Waals surface area contributed by atoms with Gasteiger partial charge in [-0.1, -0.05) is 30.3 Å². The Labute approximate surface area is 124 Å². The summed E-state index contributed by atoms with van der Waals surface area (Å²) in [5.74, 6) is -0.326. The second kappa shape index (κ2) is 7.78. The summed E-state index contributed by atoms with van der Waals surface area (Å²) in [6.07, 6.45) is 3.10. The number of hydrogen-bond acceptors (Lipinski definition) is 3. The maximum absolute atomic E-state index is 11.8. The molecule has 1 aliphatic rings. The number of rotatable bonds is 5. The molecule has 1 aromatic carbocycles. The van der Waals surface area contributed by atoms with Gasteiger partial charge in [0.05, 0.1) is 19.1 Å². The zero-order chi connectivity index (χ0) is 15.1. The average Bonchev–Trinajstić information content (AvgIpc) is 2.49. The molecule has 0 aliphatic heterocycles. The Hall–Kier alpha value is -1.88. The van der Waals surface area contributed by atoms with Gasteiger partial charge in [0.15, 0.2) is 0 Å². The van der Waals surface area contributed by atoms with Gasteiger partial charge in [0.25, 0.3) is 0 Å². The van der Waals surface area contributed by atoms with E-state index in [-0.39, 0.29) is 36.9 Å². The van der Waals surface area contributed by atoms with Crippen molar-refractivity contribution in [2.75, 3.05) is 6.54 Å². The SMILES string of the molecule is O=C(Cc1ccccc1)NCC(=O)NC1CCC(O)CC1. The molecule has 0 aromatic heterocycles. The Balaban J connectivity index is 1.65. The second-order valence-corrected chi connectivity index (χ2v) is 5.51. The zero-order valence-corrected chi connectivity index (χ0v) is 12.0. The molecule has 3 N–H and O–H groups in total. The van der Waals surface area contributed by atoms with Crippen molar-refractivity contribution in [3.63, 3.8) is 0 Å². The van der Waals surface area contributed by atoms with Crippen molar-refractivity contribution in [2.24, 2.45) is 0 Å². The molecule has 0 radical (unpaired) electrons. The quantitative estimate of drug-likeness (QED) is 0.749. The number of aliphatic hydroxyl groups excluding tert-OH is 1. The highest BCUT2D eigenvalue weighted by atomic mass is 16.3. The maximum atomic E-state index is 11.8. The third kappa shape index (κ3) is 5.55. The fraction of sp³-hybridized carbons (Fsp3) is 0.500. The van der Waals surface area contributed by atoms with Crippen LogP contribution in [0.5, 0.6) is 0 Å². The summed E-state index contributed by atoms with van der Waals surface area (Å²) < 4.78 is 0. The third-order valence-electron chi connectivity index (χ3n) is 3.72. The van der Waals surface area contributed by atoms with E-state index in [0.29, 0.717) is 0 Å². The first-order valence-electron chi connectivity index (χ1n) is 7.41. The highest BCUT2D eigenvalue weighted by Crippen LogP contribution is 2.17. The molecule has 21 heavy (non-hydrogen) atoms. The lowest BCUT2D eigenvalue weighted by Gasteiger charge is -2.26. The average molecular weight is 290 g/mol. The summed E-state index contributed by atoms with van der Waals surface area (Å²) in [7, 11) is 0. The first-order valence-corrected chi connectivity index (χ1v) is 7.41. The monoisotopic (exact) mass is 290 g/mol. The second-order valence-electron chi connectivity index (χ2n) is 5.51. The molecule has 2 amide bonds. The Morgan fingerprint density at radius 2 is 1.71 bits per heavy atom. The van der Waals surface area contributed by atoms with E-state index in [4.69, 9.17) is 0 Å². The lowest BCUT2D eigenvalue weighted by atomic mass is 9.93. The van der Waals surface area contributed by atoms with E-state index >= 15 is 0 Å². The van der Waals surface area contributed by atoms with Gasteiger partial charge < -0.3 is 15.7 Å².